The third-order valence-corrected chi connectivity index (χ3v) is 3.38. The molecule has 1 aromatic carbocycles. The van der Waals surface area contributed by atoms with Crippen LogP contribution in [0.25, 0.3) is 0 Å². The van der Waals surface area contributed by atoms with Crippen LogP contribution in [0.4, 0.5) is 0 Å². The van der Waals surface area contributed by atoms with Gasteiger partial charge in [-0.3, -0.25) is 4.79 Å². The number of benzene rings is 1. The lowest BCUT2D eigenvalue weighted by atomic mass is 10.0. The van der Waals surface area contributed by atoms with E-state index in [9.17, 15) is 4.79 Å². The van der Waals surface area contributed by atoms with Gasteiger partial charge in [0.1, 0.15) is 0 Å². The van der Waals surface area contributed by atoms with Crippen LogP contribution in [0, 0.1) is 12.8 Å². The largest absolute Gasteiger partial charge is 0.341 e. The molecule has 0 atom stereocenters. The van der Waals surface area contributed by atoms with Gasteiger partial charge in [0.2, 0.25) is 5.91 Å². The summed E-state index contributed by atoms with van der Waals surface area (Å²) < 4.78 is 0. The number of hydrogen-bond acceptors (Lipinski definition) is 1. The molecule has 0 bridgehead atoms. The molecule has 94 valence electrons. The van der Waals surface area contributed by atoms with Crippen LogP contribution in [0.3, 0.4) is 0 Å². The molecule has 0 unspecified atom stereocenters. The average molecular weight is 233 g/mol. The van der Waals surface area contributed by atoms with Gasteiger partial charge in [-0.05, 0) is 30.9 Å². The Morgan fingerprint density at radius 3 is 2.35 bits per heavy atom. The average Bonchev–Trinajstić information content (AvgIpc) is 2.33. The van der Waals surface area contributed by atoms with E-state index < -0.39 is 0 Å². The fourth-order valence-electron chi connectivity index (χ4n) is 2.07. The van der Waals surface area contributed by atoms with Crippen LogP contribution in [0.5, 0.6) is 0 Å². The second kappa shape index (κ2) is 6.43. The summed E-state index contributed by atoms with van der Waals surface area (Å²) in [6.07, 6.45) is 1.85. The highest BCUT2D eigenvalue weighted by molar-refractivity contribution is 5.78. The summed E-state index contributed by atoms with van der Waals surface area (Å²) in [6, 6.07) is 8.23. The minimum absolute atomic E-state index is 0.170. The molecule has 1 aromatic rings. The first-order valence-electron chi connectivity index (χ1n) is 6.39. The summed E-state index contributed by atoms with van der Waals surface area (Å²) in [5, 5.41) is 0. The maximum absolute atomic E-state index is 12.1. The summed E-state index contributed by atoms with van der Waals surface area (Å²) in [7, 11) is 1.90. The van der Waals surface area contributed by atoms with Crippen LogP contribution in [-0.4, -0.2) is 17.9 Å². The van der Waals surface area contributed by atoms with E-state index in [-0.39, 0.29) is 11.8 Å². The standard InChI is InChI=1S/C15H23NO/c1-5-13(6-2)15(17)16(4)11-14-10-8-7-9-12(14)3/h7-10,13H,5-6,11H2,1-4H3. The number of hydrogen-bond donors (Lipinski definition) is 0. The first-order chi connectivity index (χ1) is 8.10. The maximum atomic E-state index is 12.1. The number of carbonyl (C=O) groups is 1. The fraction of sp³-hybridized carbons (Fsp3) is 0.533. The second-order valence-corrected chi connectivity index (χ2v) is 4.63. The maximum Gasteiger partial charge on any atom is 0.225 e. The van der Waals surface area contributed by atoms with Gasteiger partial charge in [0.15, 0.2) is 0 Å². The number of amides is 1. The van der Waals surface area contributed by atoms with Gasteiger partial charge in [-0.25, -0.2) is 0 Å². The van der Waals surface area contributed by atoms with Gasteiger partial charge in [-0.1, -0.05) is 38.1 Å². The number of rotatable bonds is 5. The SMILES string of the molecule is CCC(CC)C(=O)N(C)Cc1ccccc1C. The van der Waals surface area contributed by atoms with Crippen molar-refractivity contribution in [2.24, 2.45) is 5.92 Å². The third-order valence-electron chi connectivity index (χ3n) is 3.38. The number of nitrogens with zero attached hydrogens (tertiary/aromatic N) is 1. The molecule has 1 amide bonds. The van der Waals surface area contributed by atoms with Gasteiger partial charge in [-0.15, -0.1) is 0 Å². The number of carbonyl (C=O) groups excluding carboxylic acids is 1. The Hall–Kier alpha value is -1.31. The van der Waals surface area contributed by atoms with Crippen molar-refractivity contribution >= 4 is 5.91 Å². The van der Waals surface area contributed by atoms with E-state index in [4.69, 9.17) is 0 Å². The van der Waals surface area contributed by atoms with E-state index in [1.165, 1.54) is 11.1 Å². The minimum atomic E-state index is 0.170. The van der Waals surface area contributed by atoms with Gasteiger partial charge in [0.05, 0.1) is 0 Å². The molecule has 0 N–H and O–H groups in total. The van der Waals surface area contributed by atoms with E-state index in [0.717, 1.165) is 12.8 Å². The Labute approximate surface area is 105 Å². The fourth-order valence-corrected chi connectivity index (χ4v) is 2.07. The number of aryl methyl sites for hydroxylation is 1. The highest BCUT2D eigenvalue weighted by atomic mass is 16.2. The smallest absolute Gasteiger partial charge is 0.225 e. The molecule has 1 rings (SSSR count). The van der Waals surface area contributed by atoms with Gasteiger partial charge in [0.25, 0.3) is 0 Å². The molecule has 0 spiro atoms. The quantitative estimate of drug-likeness (QED) is 0.763. The molecule has 0 heterocycles. The second-order valence-electron chi connectivity index (χ2n) is 4.63. The van der Waals surface area contributed by atoms with E-state index in [1.54, 1.807) is 0 Å². The summed E-state index contributed by atoms with van der Waals surface area (Å²) in [5.74, 6) is 0.433. The van der Waals surface area contributed by atoms with Crippen LogP contribution in [0.1, 0.15) is 37.8 Å². The molecular formula is C15H23NO. The molecule has 0 aliphatic rings. The molecule has 0 saturated carbocycles. The Morgan fingerprint density at radius 1 is 1.24 bits per heavy atom. The molecular weight excluding hydrogens is 210 g/mol. The monoisotopic (exact) mass is 233 g/mol. The van der Waals surface area contributed by atoms with E-state index in [0.29, 0.717) is 6.54 Å². The van der Waals surface area contributed by atoms with Crippen LogP contribution < -0.4 is 0 Å². The first kappa shape index (κ1) is 13.8. The molecule has 2 nitrogen and oxygen atoms in total. The van der Waals surface area contributed by atoms with E-state index >= 15 is 0 Å². The van der Waals surface area contributed by atoms with Crippen molar-refractivity contribution in [2.75, 3.05) is 7.05 Å². The minimum Gasteiger partial charge on any atom is -0.341 e. The highest BCUT2D eigenvalue weighted by Crippen LogP contribution is 2.15. The first-order valence-corrected chi connectivity index (χ1v) is 6.39. The highest BCUT2D eigenvalue weighted by Gasteiger charge is 2.18. The van der Waals surface area contributed by atoms with Crippen molar-refractivity contribution in [3.8, 4) is 0 Å². The summed E-state index contributed by atoms with van der Waals surface area (Å²) in [5.41, 5.74) is 2.48. The lowest BCUT2D eigenvalue weighted by molar-refractivity contribution is -0.134. The van der Waals surface area contributed by atoms with Crippen molar-refractivity contribution in [3.63, 3.8) is 0 Å². The molecule has 0 saturated heterocycles. The molecule has 0 fully saturated rings. The van der Waals surface area contributed by atoms with Crippen molar-refractivity contribution in [2.45, 2.75) is 40.2 Å². The zero-order valence-corrected chi connectivity index (χ0v) is 11.4. The van der Waals surface area contributed by atoms with Crippen LogP contribution in [0.15, 0.2) is 24.3 Å². The van der Waals surface area contributed by atoms with Crippen molar-refractivity contribution < 1.29 is 4.79 Å². The van der Waals surface area contributed by atoms with Crippen LogP contribution in [-0.2, 0) is 11.3 Å². The molecule has 17 heavy (non-hydrogen) atoms. The van der Waals surface area contributed by atoms with E-state index in [2.05, 4.69) is 32.9 Å². The molecule has 2 heteroatoms. The molecule has 0 aliphatic heterocycles. The van der Waals surface area contributed by atoms with Crippen molar-refractivity contribution in [1.82, 2.24) is 4.90 Å². The molecule has 0 aromatic heterocycles. The van der Waals surface area contributed by atoms with Crippen LogP contribution >= 0.6 is 0 Å². The lowest BCUT2D eigenvalue weighted by Gasteiger charge is -2.23. The predicted octanol–water partition coefficient (Wildman–Crippen LogP) is 3.39. The van der Waals surface area contributed by atoms with E-state index in [1.807, 2.05) is 24.1 Å². The molecule has 0 aliphatic carbocycles. The van der Waals surface area contributed by atoms with Crippen molar-refractivity contribution in [3.05, 3.63) is 35.4 Å². The topological polar surface area (TPSA) is 20.3 Å². The molecule has 0 radical (unpaired) electrons. The predicted molar refractivity (Wildman–Crippen MR) is 71.7 cm³/mol. The summed E-state index contributed by atoms with van der Waals surface area (Å²) in [4.78, 5) is 14.0. The van der Waals surface area contributed by atoms with Gasteiger partial charge >= 0.3 is 0 Å². The summed E-state index contributed by atoms with van der Waals surface area (Å²) >= 11 is 0. The van der Waals surface area contributed by atoms with Crippen molar-refractivity contribution in [1.29, 1.82) is 0 Å². The Kier molecular flexibility index (Phi) is 5.20. The van der Waals surface area contributed by atoms with Gasteiger partial charge < -0.3 is 4.90 Å². The lowest BCUT2D eigenvalue weighted by Crippen LogP contribution is -2.32. The van der Waals surface area contributed by atoms with Gasteiger partial charge in [0, 0.05) is 19.5 Å². The zero-order valence-electron chi connectivity index (χ0n) is 11.4. The zero-order chi connectivity index (χ0) is 12.8. The Morgan fingerprint density at radius 2 is 1.82 bits per heavy atom. The third kappa shape index (κ3) is 3.58. The summed E-state index contributed by atoms with van der Waals surface area (Å²) in [6.45, 7) is 6.95. The van der Waals surface area contributed by atoms with Crippen LogP contribution in [0.2, 0.25) is 0 Å². The Bertz CT molecular complexity index is 369. The normalized spacial score (nSPS) is 10.6. The van der Waals surface area contributed by atoms with Gasteiger partial charge in [-0.2, -0.15) is 0 Å². The Balaban J connectivity index is 2.69.